The highest BCUT2D eigenvalue weighted by atomic mass is 19.1. The first-order chi connectivity index (χ1) is 24.5. The van der Waals surface area contributed by atoms with Gasteiger partial charge in [0.15, 0.2) is 0 Å². The van der Waals surface area contributed by atoms with Crippen LogP contribution in [0.4, 0.5) is 9.18 Å². The van der Waals surface area contributed by atoms with Crippen LogP contribution < -0.4 is 16.0 Å². The number of halogens is 1. The van der Waals surface area contributed by atoms with E-state index >= 15 is 0 Å². The molecule has 3 N–H and O–H groups in total. The van der Waals surface area contributed by atoms with Crippen molar-refractivity contribution in [1.29, 1.82) is 0 Å². The number of piperidine rings is 1. The largest absolute Gasteiger partial charge is 0.444 e. The third-order valence-corrected chi connectivity index (χ3v) is 11.8. The summed E-state index contributed by atoms with van der Waals surface area (Å²) in [6.07, 6.45) is 6.87. The van der Waals surface area contributed by atoms with Gasteiger partial charge in [-0.25, -0.2) is 9.18 Å². The molecule has 0 spiro atoms. The number of likely N-dealkylation sites (tertiary alicyclic amines) is 1. The number of amides is 4. The number of carbonyl (C=O) groups is 4. The first-order valence-corrected chi connectivity index (χ1v) is 19.3. The predicted molar refractivity (Wildman–Crippen MR) is 198 cm³/mol. The average molecular weight is 717 g/mol. The van der Waals surface area contributed by atoms with Gasteiger partial charge in [0.25, 0.3) is 0 Å². The fourth-order valence-electron chi connectivity index (χ4n) is 9.49. The third kappa shape index (κ3) is 8.16. The zero-order valence-corrected chi connectivity index (χ0v) is 31.7. The van der Waals surface area contributed by atoms with Crippen molar-refractivity contribution < 1.29 is 28.3 Å². The molecule has 2 saturated carbocycles. The average Bonchev–Trinajstić information content (AvgIpc) is 3.64. The van der Waals surface area contributed by atoms with Crippen LogP contribution in [0.15, 0.2) is 48.5 Å². The molecule has 2 bridgehead atoms. The van der Waals surface area contributed by atoms with E-state index in [-0.39, 0.29) is 53.3 Å². The highest BCUT2D eigenvalue weighted by molar-refractivity contribution is 5.91. The molecule has 3 fully saturated rings. The lowest BCUT2D eigenvalue weighted by atomic mass is 9.63. The molecule has 2 aromatic rings. The summed E-state index contributed by atoms with van der Waals surface area (Å²) in [5.41, 5.74) is 1.33. The van der Waals surface area contributed by atoms with E-state index in [0.29, 0.717) is 32.4 Å². The topological polar surface area (TPSA) is 117 Å². The van der Waals surface area contributed by atoms with Gasteiger partial charge in [-0.05, 0) is 114 Å². The molecule has 1 aliphatic heterocycles. The van der Waals surface area contributed by atoms with E-state index < -0.39 is 35.1 Å². The second-order valence-electron chi connectivity index (χ2n) is 17.7. The molecular formula is C42H57FN4O5. The zero-order valence-electron chi connectivity index (χ0n) is 31.7. The van der Waals surface area contributed by atoms with E-state index in [1.54, 1.807) is 37.8 Å². The Morgan fingerprint density at radius 1 is 0.885 bits per heavy atom. The SMILES string of the molecule is CC(C)(C)NC(=O)C1(C2CCCCC2)CCN(C(=O)[C@@H](Cc2ccc(F)cc2)NC(=O)C2C3CC(c4ccccc43)C2NC(=O)OC(C)(C)C)CC1. The van der Waals surface area contributed by atoms with Crippen molar-refractivity contribution in [3.05, 3.63) is 71.0 Å². The van der Waals surface area contributed by atoms with E-state index in [2.05, 4.69) is 22.0 Å². The standard InChI is InChI=1S/C42H57FN4O5/c1-40(2,3)46-38(50)42(27-12-8-7-9-13-27)20-22-47(23-21-42)37(49)33(24-26-16-18-28(43)19-17-26)44-36(48)34-31-25-32(30-15-11-10-14-29(30)31)35(34)45-39(51)52-41(4,5)6/h10-11,14-19,27,31-35H,7-9,12-13,20-25H2,1-6H3,(H,44,48)(H,45,51)(H,46,50)/t31?,32?,33-,34?,35?/m1/s1. The Balaban J connectivity index is 1.24. The maximum atomic E-state index is 14.5. The molecule has 10 heteroatoms. The molecule has 9 nitrogen and oxygen atoms in total. The van der Waals surface area contributed by atoms with E-state index in [9.17, 15) is 23.6 Å². The molecule has 1 saturated heterocycles. The summed E-state index contributed by atoms with van der Waals surface area (Å²) in [4.78, 5) is 57.9. The Kier molecular flexibility index (Phi) is 10.8. The lowest BCUT2D eigenvalue weighted by Crippen LogP contribution is -2.59. The number of hydrogen-bond acceptors (Lipinski definition) is 5. The number of benzene rings is 2. The normalized spacial score (nSPS) is 24.8. The molecule has 4 amide bonds. The van der Waals surface area contributed by atoms with Crippen LogP contribution in [0.5, 0.6) is 0 Å². The van der Waals surface area contributed by atoms with Gasteiger partial charge in [0.05, 0.1) is 17.4 Å². The Morgan fingerprint density at radius 3 is 2.10 bits per heavy atom. The number of alkyl carbamates (subject to hydrolysis) is 1. The van der Waals surface area contributed by atoms with Gasteiger partial charge in [0.1, 0.15) is 17.5 Å². The molecule has 4 unspecified atom stereocenters. The van der Waals surface area contributed by atoms with E-state index in [1.807, 2.05) is 39.0 Å². The molecule has 52 heavy (non-hydrogen) atoms. The minimum atomic E-state index is -0.917. The van der Waals surface area contributed by atoms with Crippen LogP contribution in [-0.4, -0.2) is 65.0 Å². The van der Waals surface area contributed by atoms with Gasteiger partial charge in [-0.3, -0.25) is 14.4 Å². The molecular weight excluding hydrogens is 659 g/mol. The van der Waals surface area contributed by atoms with Gasteiger partial charge in [-0.15, -0.1) is 0 Å². The molecule has 2 aromatic carbocycles. The van der Waals surface area contributed by atoms with Crippen molar-refractivity contribution in [3.8, 4) is 0 Å². The van der Waals surface area contributed by atoms with Crippen LogP contribution in [-0.2, 0) is 25.5 Å². The molecule has 3 aliphatic carbocycles. The van der Waals surface area contributed by atoms with Crippen molar-refractivity contribution >= 4 is 23.8 Å². The first kappa shape index (κ1) is 37.8. The van der Waals surface area contributed by atoms with Crippen molar-refractivity contribution in [2.75, 3.05) is 13.1 Å². The fourth-order valence-corrected chi connectivity index (χ4v) is 9.49. The Hall–Kier alpha value is -3.95. The van der Waals surface area contributed by atoms with Crippen LogP contribution in [0.25, 0.3) is 0 Å². The maximum absolute atomic E-state index is 14.5. The van der Waals surface area contributed by atoms with Crippen molar-refractivity contribution in [3.63, 3.8) is 0 Å². The second kappa shape index (κ2) is 14.8. The highest BCUT2D eigenvalue weighted by Crippen LogP contribution is 2.56. The van der Waals surface area contributed by atoms with Gasteiger partial charge in [-0.2, -0.15) is 0 Å². The van der Waals surface area contributed by atoms with Crippen LogP contribution in [0.2, 0.25) is 0 Å². The summed E-state index contributed by atoms with van der Waals surface area (Å²) >= 11 is 0. The number of fused-ring (bicyclic) bond motifs is 5. The van der Waals surface area contributed by atoms with Crippen molar-refractivity contribution in [2.45, 2.75) is 134 Å². The number of nitrogens with one attached hydrogen (secondary N) is 3. The molecule has 5 atom stereocenters. The number of hydrogen-bond donors (Lipinski definition) is 3. The van der Waals surface area contributed by atoms with Gasteiger partial charge in [-0.1, -0.05) is 55.7 Å². The quantitative estimate of drug-likeness (QED) is 0.280. The Bertz CT molecular complexity index is 1630. The minimum absolute atomic E-state index is 0.0648. The molecule has 4 aliphatic rings. The zero-order chi connectivity index (χ0) is 37.4. The lowest BCUT2D eigenvalue weighted by Gasteiger charge is -2.48. The highest BCUT2D eigenvalue weighted by Gasteiger charge is 2.55. The van der Waals surface area contributed by atoms with Crippen LogP contribution in [0.3, 0.4) is 0 Å². The molecule has 6 rings (SSSR count). The van der Waals surface area contributed by atoms with E-state index in [1.165, 1.54) is 18.6 Å². The summed E-state index contributed by atoms with van der Waals surface area (Å²) in [5.74, 6) is -1.36. The molecule has 1 heterocycles. The molecule has 282 valence electrons. The second-order valence-corrected chi connectivity index (χ2v) is 17.7. The summed E-state index contributed by atoms with van der Waals surface area (Å²) in [7, 11) is 0. The molecule has 0 aromatic heterocycles. The Labute approximate surface area is 308 Å². The van der Waals surface area contributed by atoms with Crippen LogP contribution in [0, 0.1) is 23.1 Å². The number of nitrogens with zero attached hydrogens (tertiary/aromatic N) is 1. The fraction of sp³-hybridized carbons (Fsp3) is 0.619. The Morgan fingerprint density at radius 2 is 1.50 bits per heavy atom. The van der Waals surface area contributed by atoms with Gasteiger partial charge in [0, 0.05) is 31.0 Å². The van der Waals surface area contributed by atoms with Crippen LogP contribution >= 0.6 is 0 Å². The van der Waals surface area contributed by atoms with Gasteiger partial charge < -0.3 is 25.6 Å². The van der Waals surface area contributed by atoms with Crippen molar-refractivity contribution in [2.24, 2.45) is 17.3 Å². The minimum Gasteiger partial charge on any atom is -0.444 e. The smallest absolute Gasteiger partial charge is 0.407 e. The predicted octanol–water partition coefficient (Wildman–Crippen LogP) is 6.75. The van der Waals surface area contributed by atoms with E-state index in [0.717, 1.165) is 42.4 Å². The summed E-state index contributed by atoms with van der Waals surface area (Å²) in [5, 5.41) is 9.43. The summed E-state index contributed by atoms with van der Waals surface area (Å²) < 4.78 is 19.5. The number of rotatable bonds is 8. The summed E-state index contributed by atoms with van der Waals surface area (Å²) in [6.45, 7) is 12.2. The van der Waals surface area contributed by atoms with E-state index in [4.69, 9.17) is 4.74 Å². The monoisotopic (exact) mass is 716 g/mol. The third-order valence-electron chi connectivity index (χ3n) is 11.8. The van der Waals surface area contributed by atoms with Crippen molar-refractivity contribution in [1.82, 2.24) is 20.9 Å². The van der Waals surface area contributed by atoms with Gasteiger partial charge >= 0.3 is 6.09 Å². The first-order valence-electron chi connectivity index (χ1n) is 19.3. The number of ether oxygens (including phenoxy) is 1. The lowest BCUT2D eigenvalue weighted by molar-refractivity contribution is -0.147. The van der Waals surface area contributed by atoms with Crippen LogP contribution in [0.1, 0.15) is 121 Å². The summed E-state index contributed by atoms with van der Waals surface area (Å²) in [6, 6.07) is 12.6. The maximum Gasteiger partial charge on any atom is 0.407 e. The number of carbonyl (C=O) groups excluding carboxylic acids is 4. The molecule has 0 radical (unpaired) electrons. The van der Waals surface area contributed by atoms with Gasteiger partial charge in [0.2, 0.25) is 17.7 Å².